The van der Waals surface area contributed by atoms with Gasteiger partial charge in [0.15, 0.2) is 0 Å². The molecule has 2 aromatic carbocycles. The summed E-state index contributed by atoms with van der Waals surface area (Å²) in [7, 11) is -5.75. The maximum atomic E-state index is 14.6. The van der Waals surface area contributed by atoms with Crippen LogP contribution in [0.15, 0.2) is 48.5 Å². The fraction of sp³-hybridized carbons (Fsp3) is 0.712. The molecule has 4 aliphatic heterocycles. The molecule has 8 aliphatic rings. The summed E-state index contributed by atoms with van der Waals surface area (Å²) in [4.78, 5) is 101. The number of amides is 7. The quantitative estimate of drug-likeness (QED) is 0.140. The third-order valence-electron chi connectivity index (χ3n) is 20.7. The Morgan fingerprint density at radius 2 is 0.989 bits per heavy atom. The van der Waals surface area contributed by atoms with Crippen LogP contribution in [0, 0.1) is 29.6 Å². The van der Waals surface area contributed by atoms with Gasteiger partial charge in [-0.1, -0.05) is 101 Å². The van der Waals surface area contributed by atoms with Crippen LogP contribution in [0.1, 0.15) is 185 Å². The number of likely N-dealkylation sites (N-methyl/N-ethyl adjacent to an activating group) is 1. The van der Waals surface area contributed by atoms with Crippen molar-refractivity contribution in [2.45, 2.75) is 224 Å². The first-order chi connectivity index (χ1) is 42.2. The van der Waals surface area contributed by atoms with Gasteiger partial charge in [-0.15, -0.1) is 0 Å². The molecule has 4 aliphatic carbocycles. The molecule has 89 heavy (non-hydrogen) atoms. The van der Waals surface area contributed by atoms with Crippen molar-refractivity contribution in [2.24, 2.45) is 29.6 Å². The van der Waals surface area contributed by atoms with Gasteiger partial charge in [0.05, 0.1) is 48.5 Å². The smallest absolute Gasteiger partial charge is 0.410 e. The van der Waals surface area contributed by atoms with Crippen LogP contribution in [0.4, 0.5) is 4.79 Å². The zero-order chi connectivity index (χ0) is 64.3. The first-order valence-corrected chi connectivity index (χ1v) is 36.7. The second kappa shape index (κ2) is 28.5. The molecular formula is C66H99N9O12S2. The minimum atomic E-state index is -3.66. The SMILES string of the molecule is CC[C@@H](C)C(=O)N[C@H](C(=O)N1CC[C@@H]2[C@H]1[C@@H](C(=O)N[C@@H]1CCCc3ccccc31)CN2S(C)(=O)=O)C1CCCCC1.C[C@@H](C(=O)N[C@H](C(=O)N1CC[C@@H]2[C@H]1[C@@H](C(=O)N[C@@H]1CCCc3ccccc31)CN2S(C)(=O)=O)C1CCCCC1)N(C)C(=O)OC(C)(C)C. The van der Waals surface area contributed by atoms with Crippen molar-refractivity contribution in [2.75, 3.05) is 45.7 Å². The molecule has 0 radical (unpaired) electrons. The van der Waals surface area contributed by atoms with Crippen LogP contribution < -0.4 is 21.3 Å². The largest absolute Gasteiger partial charge is 0.444 e. The van der Waals surface area contributed by atoms with E-state index in [1.807, 2.05) is 44.2 Å². The van der Waals surface area contributed by atoms with E-state index in [0.717, 1.165) is 120 Å². The third-order valence-corrected chi connectivity index (χ3v) is 23.2. The van der Waals surface area contributed by atoms with Crippen LogP contribution >= 0.6 is 0 Å². The fourth-order valence-corrected chi connectivity index (χ4v) is 18.0. The van der Waals surface area contributed by atoms with Crippen molar-refractivity contribution >= 4 is 61.6 Å². The van der Waals surface area contributed by atoms with Crippen LogP contribution in [0.3, 0.4) is 0 Å². The second-order valence-electron chi connectivity index (χ2n) is 27.8. The number of nitrogens with one attached hydrogen (secondary N) is 4. The topological polar surface area (TPSA) is 261 Å². The Labute approximate surface area is 528 Å². The van der Waals surface area contributed by atoms with Crippen molar-refractivity contribution in [1.29, 1.82) is 0 Å². The highest BCUT2D eigenvalue weighted by molar-refractivity contribution is 7.88. The molecule has 2 saturated carbocycles. The fourth-order valence-electron chi connectivity index (χ4n) is 15.7. The van der Waals surface area contributed by atoms with Crippen molar-refractivity contribution in [3.63, 3.8) is 0 Å². The Balaban J connectivity index is 0.000000214. The molecule has 6 fully saturated rings. The molecule has 492 valence electrons. The molecule has 4 N–H and O–H groups in total. The van der Waals surface area contributed by atoms with Crippen molar-refractivity contribution < 1.29 is 55.1 Å². The van der Waals surface area contributed by atoms with Gasteiger partial charge in [-0.2, -0.15) is 8.61 Å². The number of nitrogens with zero attached hydrogens (tertiary/aromatic N) is 5. The van der Waals surface area contributed by atoms with E-state index in [1.165, 1.54) is 37.9 Å². The number of rotatable bonds is 16. The Morgan fingerprint density at radius 3 is 1.38 bits per heavy atom. The van der Waals surface area contributed by atoms with Crippen LogP contribution in [0.2, 0.25) is 0 Å². The number of carbonyl (C=O) groups is 7. The average Bonchev–Trinajstić information content (AvgIpc) is 1.65. The minimum Gasteiger partial charge on any atom is -0.444 e. The molecule has 0 spiro atoms. The number of aryl methyl sites for hydroxylation is 2. The van der Waals surface area contributed by atoms with Crippen molar-refractivity contribution in [1.82, 2.24) is 44.6 Å². The van der Waals surface area contributed by atoms with E-state index < -0.39 is 91.8 Å². The number of benzene rings is 2. The predicted molar refractivity (Wildman–Crippen MR) is 338 cm³/mol. The maximum Gasteiger partial charge on any atom is 0.410 e. The molecule has 7 amide bonds. The van der Waals surface area contributed by atoms with E-state index in [9.17, 15) is 50.4 Å². The van der Waals surface area contributed by atoms with E-state index in [2.05, 4.69) is 39.5 Å². The molecule has 21 nitrogen and oxygen atoms in total. The summed E-state index contributed by atoms with van der Waals surface area (Å²) >= 11 is 0. The standard InChI is InChI=1S/C35H53N5O7S.C31H46N4O5S/c1-22(38(5)34(44)47-35(2,3)4)31(41)37-29(24-14-8-7-9-15-24)33(43)39-20-19-28-30(39)26(21-40(28)48(6,45)46)32(42)36-27-18-12-16-23-13-10-11-17-25(23)27;1-4-20(2)29(36)33-27(22-12-6-5-7-13-22)31(38)34-18-17-26-28(34)24(19-35(26)41(3,39)40)30(37)32-25-16-10-14-21-11-8-9-15-23(21)25/h10-11,13,17,22,24,26-30H,7-9,12,14-16,18-21H2,1-6H3,(H,36,42)(H,37,41);8-9,11,15,20,22,24-28H,4-7,10,12-14,16-19H2,1-3H3,(H,32,37)(H,33,36)/t22-,26-,27+,28+,29-,30+;20-,24+,25-,26-,27+,28-/m01/s1. The van der Waals surface area contributed by atoms with E-state index in [4.69, 9.17) is 4.74 Å². The average molecular weight is 1270 g/mol. The lowest BCUT2D eigenvalue weighted by atomic mass is 9.82. The predicted octanol–water partition coefficient (Wildman–Crippen LogP) is 6.51. The molecule has 0 aromatic heterocycles. The Morgan fingerprint density at radius 1 is 0.584 bits per heavy atom. The van der Waals surface area contributed by atoms with Gasteiger partial charge in [-0.25, -0.2) is 21.6 Å². The number of ether oxygens (including phenoxy) is 1. The first-order valence-electron chi connectivity index (χ1n) is 33.0. The van der Waals surface area contributed by atoms with E-state index in [1.54, 1.807) is 37.5 Å². The van der Waals surface area contributed by atoms with E-state index in [-0.39, 0.29) is 79.0 Å². The van der Waals surface area contributed by atoms with Gasteiger partial charge in [0.25, 0.3) is 0 Å². The van der Waals surface area contributed by atoms with Crippen LogP contribution in [-0.4, -0.2) is 175 Å². The number of fused-ring (bicyclic) bond motifs is 4. The summed E-state index contributed by atoms with van der Waals surface area (Å²) in [5, 5.41) is 12.5. The van der Waals surface area contributed by atoms with Crippen LogP contribution in [0.25, 0.3) is 0 Å². The van der Waals surface area contributed by atoms with Gasteiger partial charge in [0, 0.05) is 51.2 Å². The van der Waals surface area contributed by atoms with Crippen molar-refractivity contribution in [3.8, 4) is 0 Å². The summed E-state index contributed by atoms with van der Waals surface area (Å²) in [6.45, 7) is 11.4. The molecule has 12 atom stereocenters. The van der Waals surface area contributed by atoms with Gasteiger partial charge < -0.3 is 35.8 Å². The normalized spacial score (nSPS) is 27.2. The monoisotopic (exact) mass is 1270 g/mol. The third kappa shape index (κ3) is 15.5. The van der Waals surface area contributed by atoms with Crippen LogP contribution in [0.5, 0.6) is 0 Å². The molecular weight excluding hydrogens is 1170 g/mol. The number of carbonyl (C=O) groups excluding carboxylic acids is 7. The van der Waals surface area contributed by atoms with E-state index in [0.29, 0.717) is 25.8 Å². The molecule has 0 bridgehead atoms. The number of hydrogen-bond donors (Lipinski definition) is 4. The highest BCUT2D eigenvalue weighted by Crippen LogP contribution is 2.42. The van der Waals surface area contributed by atoms with E-state index >= 15 is 0 Å². The van der Waals surface area contributed by atoms with Gasteiger partial charge >= 0.3 is 6.09 Å². The Bertz CT molecular complexity index is 3150. The zero-order valence-electron chi connectivity index (χ0n) is 53.9. The van der Waals surface area contributed by atoms with Crippen LogP contribution in [-0.2, 0) is 66.4 Å². The highest BCUT2D eigenvalue weighted by atomic mass is 32.2. The molecule has 4 saturated heterocycles. The lowest BCUT2D eigenvalue weighted by Crippen LogP contribution is -2.59. The second-order valence-corrected chi connectivity index (χ2v) is 31.7. The number of hydrogen-bond acceptors (Lipinski definition) is 12. The number of likely N-dealkylation sites (tertiary alicyclic amines) is 2. The lowest BCUT2D eigenvalue weighted by Gasteiger charge is -2.37. The maximum absolute atomic E-state index is 14.6. The molecule has 23 heteroatoms. The summed E-state index contributed by atoms with van der Waals surface area (Å²) in [5.74, 6) is -3.24. The summed E-state index contributed by atoms with van der Waals surface area (Å²) in [6, 6.07) is 11.3. The molecule has 4 heterocycles. The molecule has 10 rings (SSSR count). The first kappa shape index (κ1) is 67.7. The van der Waals surface area contributed by atoms with Gasteiger partial charge in [0.2, 0.25) is 55.5 Å². The lowest BCUT2D eigenvalue weighted by molar-refractivity contribution is -0.142. The summed E-state index contributed by atoms with van der Waals surface area (Å²) in [6.07, 6.45) is 18.1. The Kier molecular flexibility index (Phi) is 21.7. The molecule has 2 aromatic rings. The zero-order valence-corrected chi connectivity index (χ0v) is 55.5. The minimum absolute atomic E-state index is 0.00365. The van der Waals surface area contributed by atoms with Gasteiger partial charge in [-0.05, 0) is 145 Å². The van der Waals surface area contributed by atoms with Gasteiger partial charge in [0.1, 0.15) is 23.7 Å². The molecule has 0 unspecified atom stereocenters. The number of sulfonamides is 2. The summed E-state index contributed by atoms with van der Waals surface area (Å²) in [5.41, 5.74) is 3.89. The summed E-state index contributed by atoms with van der Waals surface area (Å²) < 4.78 is 59.9. The Hall–Kier alpha value is -5.65. The van der Waals surface area contributed by atoms with Gasteiger partial charge in [-0.3, -0.25) is 33.7 Å². The highest BCUT2D eigenvalue weighted by Gasteiger charge is 2.58. The van der Waals surface area contributed by atoms with Crippen molar-refractivity contribution in [3.05, 3.63) is 70.8 Å².